The lowest BCUT2D eigenvalue weighted by atomic mass is 9.95. The van der Waals surface area contributed by atoms with E-state index in [1.54, 1.807) is 13.8 Å². The normalized spacial score (nSPS) is 11.0. The fourth-order valence-corrected chi connectivity index (χ4v) is 1.47. The van der Waals surface area contributed by atoms with Crippen LogP contribution in [0, 0.1) is 0 Å². The standard InChI is InChI=1S/C12H12F2O4/c1-5(2)6-3-7(10(16)12(17)18)9(15)8(4-6)11(13)14/h3-5,11,15H,1-2H3,(H,17,18). The first-order valence-electron chi connectivity index (χ1n) is 5.18. The molecule has 98 valence electrons. The lowest BCUT2D eigenvalue weighted by Crippen LogP contribution is -2.14. The number of alkyl halides is 2. The van der Waals surface area contributed by atoms with E-state index in [4.69, 9.17) is 5.11 Å². The van der Waals surface area contributed by atoms with Gasteiger partial charge in [0.1, 0.15) is 5.75 Å². The monoisotopic (exact) mass is 258 g/mol. The van der Waals surface area contributed by atoms with Crippen LogP contribution in [0.5, 0.6) is 5.75 Å². The van der Waals surface area contributed by atoms with Crippen molar-refractivity contribution in [3.63, 3.8) is 0 Å². The molecule has 0 aliphatic rings. The van der Waals surface area contributed by atoms with E-state index in [1.807, 2.05) is 0 Å². The maximum atomic E-state index is 12.7. The molecule has 0 heterocycles. The van der Waals surface area contributed by atoms with Crippen LogP contribution in [0.1, 0.15) is 47.7 Å². The molecule has 0 aliphatic carbocycles. The van der Waals surface area contributed by atoms with Gasteiger partial charge in [0, 0.05) is 0 Å². The molecule has 0 spiro atoms. The highest BCUT2D eigenvalue weighted by Crippen LogP contribution is 2.34. The molecule has 0 fully saturated rings. The summed E-state index contributed by atoms with van der Waals surface area (Å²) < 4.78 is 25.4. The van der Waals surface area contributed by atoms with Crippen molar-refractivity contribution in [3.8, 4) is 5.75 Å². The van der Waals surface area contributed by atoms with E-state index < -0.39 is 35.1 Å². The maximum absolute atomic E-state index is 12.7. The van der Waals surface area contributed by atoms with Gasteiger partial charge in [-0.2, -0.15) is 0 Å². The van der Waals surface area contributed by atoms with Gasteiger partial charge in [-0.3, -0.25) is 4.79 Å². The lowest BCUT2D eigenvalue weighted by molar-refractivity contribution is -0.131. The molecule has 0 radical (unpaired) electrons. The van der Waals surface area contributed by atoms with Crippen LogP contribution in [0.15, 0.2) is 12.1 Å². The van der Waals surface area contributed by atoms with Crippen molar-refractivity contribution in [2.75, 3.05) is 0 Å². The Hall–Kier alpha value is -1.98. The molecule has 1 aromatic carbocycles. The Morgan fingerprint density at radius 3 is 2.17 bits per heavy atom. The second-order valence-electron chi connectivity index (χ2n) is 4.10. The number of carboxylic acids is 1. The van der Waals surface area contributed by atoms with Gasteiger partial charge in [-0.05, 0) is 23.6 Å². The van der Waals surface area contributed by atoms with Crippen LogP contribution in [0.3, 0.4) is 0 Å². The van der Waals surface area contributed by atoms with Gasteiger partial charge in [0.05, 0.1) is 11.1 Å². The Morgan fingerprint density at radius 1 is 1.22 bits per heavy atom. The van der Waals surface area contributed by atoms with Gasteiger partial charge >= 0.3 is 5.97 Å². The van der Waals surface area contributed by atoms with Crippen LogP contribution in [0.2, 0.25) is 0 Å². The first kappa shape index (κ1) is 14.1. The average molecular weight is 258 g/mol. The smallest absolute Gasteiger partial charge is 0.377 e. The first-order valence-corrected chi connectivity index (χ1v) is 5.18. The van der Waals surface area contributed by atoms with Gasteiger partial charge in [0.2, 0.25) is 0 Å². The number of aromatic hydroxyl groups is 1. The zero-order chi connectivity index (χ0) is 14.0. The molecule has 0 aromatic heterocycles. The molecule has 4 nitrogen and oxygen atoms in total. The minimum absolute atomic E-state index is 0.177. The third-order valence-corrected chi connectivity index (χ3v) is 2.50. The highest BCUT2D eigenvalue weighted by Gasteiger charge is 2.25. The molecule has 0 saturated carbocycles. The Labute approximate surface area is 102 Å². The predicted octanol–water partition coefficient (Wildman–Crippen LogP) is 2.72. The summed E-state index contributed by atoms with van der Waals surface area (Å²) in [5, 5.41) is 18.1. The minimum Gasteiger partial charge on any atom is -0.507 e. The second-order valence-corrected chi connectivity index (χ2v) is 4.10. The molecular weight excluding hydrogens is 246 g/mol. The number of carboxylic acid groups (broad SMARTS) is 1. The summed E-state index contributed by atoms with van der Waals surface area (Å²) in [6, 6.07) is 2.20. The number of carbonyl (C=O) groups excluding carboxylic acids is 1. The zero-order valence-electron chi connectivity index (χ0n) is 9.78. The summed E-state index contributed by atoms with van der Waals surface area (Å²) in [6.45, 7) is 3.41. The third-order valence-electron chi connectivity index (χ3n) is 2.50. The zero-order valence-corrected chi connectivity index (χ0v) is 9.78. The fourth-order valence-electron chi connectivity index (χ4n) is 1.47. The predicted molar refractivity (Wildman–Crippen MR) is 59.1 cm³/mol. The second kappa shape index (κ2) is 5.12. The van der Waals surface area contributed by atoms with Crippen LogP contribution < -0.4 is 0 Å². The number of halogens is 2. The number of ketones is 1. The van der Waals surface area contributed by atoms with E-state index in [0.717, 1.165) is 12.1 Å². The fraction of sp³-hybridized carbons (Fsp3) is 0.333. The van der Waals surface area contributed by atoms with Crippen molar-refractivity contribution in [1.29, 1.82) is 0 Å². The SMILES string of the molecule is CC(C)c1cc(C(=O)C(=O)O)c(O)c(C(F)F)c1. The molecule has 6 heteroatoms. The van der Waals surface area contributed by atoms with Gasteiger partial charge in [-0.1, -0.05) is 13.8 Å². The Morgan fingerprint density at radius 2 is 1.78 bits per heavy atom. The van der Waals surface area contributed by atoms with E-state index in [-0.39, 0.29) is 5.92 Å². The van der Waals surface area contributed by atoms with E-state index in [1.165, 1.54) is 0 Å². The number of carbonyl (C=O) groups is 2. The Kier molecular flexibility index (Phi) is 4.00. The Bertz CT molecular complexity index is 495. The molecule has 0 aliphatic heterocycles. The van der Waals surface area contributed by atoms with E-state index in [0.29, 0.717) is 5.56 Å². The van der Waals surface area contributed by atoms with E-state index >= 15 is 0 Å². The van der Waals surface area contributed by atoms with Crippen molar-refractivity contribution in [2.24, 2.45) is 0 Å². The molecule has 0 unspecified atom stereocenters. The van der Waals surface area contributed by atoms with Crippen molar-refractivity contribution in [2.45, 2.75) is 26.2 Å². The molecule has 1 rings (SSSR count). The number of hydrogen-bond donors (Lipinski definition) is 2. The maximum Gasteiger partial charge on any atom is 0.377 e. The highest BCUT2D eigenvalue weighted by molar-refractivity contribution is 6.40. The van der Waals surface area contributed by atoms with Gasteiger partial charge in [0.15, 0.2) is 0 Å². The molecule has 0 bridgehead atoms. The van der Waals surface area contributed by atoms with Crippen LogP contribution >= 0.6 is 0 Å². The minimum atomic E-state index is -2.98. The molecule has 0 amide bonds. The van der Waals surface area contributed by atoms with Gasteiger partial charge < -0.3 is 10.2 Å². The van der Waals surface area contributed by atoms with E-state index in [9.17, 15) is 23.5 Å². The third kappa shape index (κ3) is 2.64. The molecule has 2 N–H and O–H groups in total. The number of rotatable bonds is 4. The van der Waals surface area contributed by atoms with Crippen molar-refractivity contribution in [1.82, 2.24) is 0 Å². The largest absolute Gasteiger partial charge is 0.507 e. The number of phenolic OH excluding ortho intramolecular Hbond substituents is 1. The number of phenols is 1. The highest BCUT2D eigenvalue weighted by atomic mass is 19.3. The van der Waals surface area contributed by atoms with Crippen LogP contribution in [-0.2, 0) is 4.79 Å². The molecule has 1 aromatic rings. The molecular formula is C12H12F2O4. The van der Waals surface area contributed by atoms with Crippen molar-refractivity contribution >= 4 is 11.8 Å². The van der Waals surface area contributed by atoms with Crippen molar-refractivity contribution < 1.29 is 28.6 Å². The van der Waals surface area contributed by atoms with Crippen LogP contribution in [0.4, 0.5) is 8.78 Å². The number of Topliss-reactive ketones (excluding diaryl/α,β-unsaturated/α-hetero) is 1. The summed E-state index contributed by atoms with van der Waals surface area (Å²) in [5.74, 6) is -4.35. The molecule has 18 heavy (non-hydrogen) atoms. The summed E-state index contributed by atoms with van der Waals surface area (Å²) in [6.07, 6.45) is -2.98. The average Bonchev–Trinajstić information content (AvgIpc) is 2.27. The van der Waals surface area contributed by atoms with Gasteiger partial charge in [-0.25, -0.2) is 13.6 Å². The van der Waals surface area contributed by atoms with Gasteiger partial charge in [0.25, 0.3) is 12.2 Å². The van der Waals surface area contributed by atoms with Crippen LogP contribution in [0.25, 0.3) is 0 Å². The number of benzene rings is 1. The lowest BCUT2D eigenvalue weighted by Gasteiger charge is -2.13. The first-order chi connectivity index (χ1) is 8.25. The summed E-state index contributed by atoms with van der Waals surface area (Å²) >= 11 is 0. The van der Waals surface area contributed by atoms with Crippen molar-refractivity contribution in [3.05, 3.63) is 28.8 Å². The topological polar surface area (TPSA) is 74.6 Å². The summed E-state index contributed by atoms with van der Waals surface area (Å²) in [7, 11) is 0. The Balaban J connectivity index is 3.50. The molecule has 0 saturated heterocycles. The number of hydrogen-bond acceptors (Lipinski definition) is 3. The number of aliphatic carboxylic acids is 1. The molecule has 0 atom stereocenters. The van der Waals surface area contributed by atoms with E-state index in [2.05, 4.69) is 0 Å². The quantitative estimate of drug-likeness (QED) is 0.643. The summed E-state index contributed by atoms with van der Waals surface area (Å²) in [4.78, 5) is 21.9. The van der Waals surface area contributed by atoms with Crippen LogP contribution in [-0.4, -0.2) is 22.0 Å². The van der Waals surface area contributed by atoms with Gasteiger partial charge in [-0.15, -0.1) is 0 Å². The summed E-state index contributed by atoms with van der Waals surface area (Å²) in [5.41, 5.74) is -0.970.